The van der Waals surface area contributed by atoms with Crippen LogP contribution in [0.2, 0.25) is 0 Å². The first-order valence-corrected chi connectivity index (χ1v) is 7.22. The van der Waals surface area contributed by atoms with Crippen molar-refractivity contribution in [2.75, 3.05) is 12.4 Å². The third kappa shape index (κ3) is 3.75. The minimum atomic E-state index is -0.515. The second kappa shape index (κ2) is 6.62. The number of hydrogen-bond acceptors (Lipinski definition) is 4. The fourth-order valence-corrected chi connectivity index (χ4v) is 2.42. The number of benzene rings is 1. The van der Waals surface area contributed by atoms with Crippen LogP contribution in [0.25, 0.3) is 0 Å². The van der Waals surface area contributed by atoms with E-state index in [0.717, 1.165) is 10.2 Å². The third-order valence-electron chi connectivity index (χ3n) is 2.95. The van der Waals surface area contributed by atoms with Crippen LogP contribution in [0.4, 0.5) is 5.69 Å². The van der Waals surface area contributed by atoms with E-state index >= 15 is 0 Å². The van der Waals surface area contributed by atoms with Crippen LogP contribution in [0, 0.1) is 0 Å². The fraction of sp³-hybridized carbons (Fsp3) is 0.286. The lowest BCUT2D eigenvalue weighted by Crippen LogP contribution is -2.23. The summed E-state index contributed by atoms with van der Waals surface area (Å²) in [5.74, 6) is -0.0577. The van der Waals surface area contributed by atoms with Crippen molar-refractivity contribution in [3.63, 3.8) is 0 Å². The van der Waals surface area contributed by atoms with E-state index in [1.165, 1.54) is 7.11 Å². The van der Waals surface area contributed by atoms with Crippen molar-refractivity contribution < 1.29 is 9.53 Å². The van der Waals surface area contributed by atoms with Crippen LogP contribution in [-0.2, 0) is 6.54 Å². The second-order valence-corrected chi connectivity index (χ2v) is 5.59. The second-order valence-electron chi connectivity index (χ2n) is 4.68. The monoisotopic (exact) mass is 352 g/mol. The Kier molecular flexibility index (Phi) is 4.85. The Morgan fingerprint density at radius 3 is 2.90 bits per heavy atom. The zero-order chi connectivity index (χ0) is 15.4. The average molecular weight is 353 g/mol. The smallest absolute Gasteiger partial charge is 0.252 e. The minimum Gasteiger partial charge on any atom is -0.494 e. The summed E-state index contributed by atoms with van der Waals surface area (Å²) in [5, 5.41) is 7.52. The number of methoxy groups -OCH3 is 1. The summed E-state index contributed by atoms with van der Waals surface area (Å²) in [5.41, 5.74) is 6.44. The lowest BCUT2D eigenvalue weighted by atomic mass is 10.1. The van der Waals surface area contributed by atoms with E-state index in [1.807, 2.05) is 23.9 Å². The van der Waals surface area contributed by atoms with Gasteiger partial charge in [-0.25, -0.2) is 0 Å². The van der Waals surface area contributed by atoms with Gasteiger partial charge in [0.25, 0.3) is 5.91 Å². The van der Waals surface area contributed by atoms with Gasteiger partial charge < -0.3 is 15.8 Å². The number of nitrogens with two attached hydrogens (primary N) is 1. The normalized spacial score (nSPS) is 12.0. The zero-order valence-corrected chi connectivity index (χ0v) is 13.4. The summed E-state index contributed by atoms with van der Waals surface area (Å²) >= 11 is 3.36. The molecule has 1 aromatic carbocycles. The molecule has 7 heteroatoms. The molecule has 1 heterocycles. The summed E-state index contributed by atoms with van der Waals surface area (Å²) in [6, 6.07) is 5.35. The molecule has 1 aromatic heterocycles. The molecular weight excluding hydrogens is 336 g/mol. The maximum Gasteiger partial charge on any atom is 0.252 e. The first kappa shape index (κ1) is 15.4. The Morgan fingerprint density at radius 2 is 2.33 bits per heavy atom. The SMILES string of the molecule is COc1c(N[C@H](C)Cn2cc(Br)cn2)cccc1C(N)=O. The summed E-state index contributed by atoms with van der Waals surface area (Å²) in [6.07, 6.45) is 3.64. The predicted molar refractivity (Wildman–Crippen MR) is 84.5 cm³/mol. The van der Waals surface area contributed by atoms with E-state index < -0.39 is 5.91 Å². The van der Waals surface area contributed by atoms with Crippen molar-refractivity contribution in [1.82, 2.24) is 9.78 Å². The van der Waals surface area contributed by atoms with Crippen LogP contribution in [0.1, 0.15) is 17.3 Å². The number of primary amides is 1. The number of aromatic nitrogens is 2. The predicted octanol–water partition coefficient (Wildman–Crippen LogP) is 2.25. The summed E-state index contributed by atoms with van der Waals surface area (Å²) < 4.78 is 8.06. The Bertz CT molecular complexity index is 642. The number of nitrogens with one attached hydrogen (secondary N) is 1. The molecule has 0 unspecified atom stereocenters. The molecule has 0 fully saturated rings. The van der Waals surface area contributed by atoms with E-state index in [-0.39, 0.29) is 6.04 Å². The van der Waals surface area contributed by atoms with Gasteiger partial charge in [-0.1, -0.05) is 6.07 Å². The van der Waals surface area contributed by atoms with Crippen LogP contribution in [0.15, 0.2) is 35.1 Å². The van der Waals surface area contributed by atoms with Crippen molar-refractivity contribution in [2.45, 2.75) is 19.5 Å². The summed E-state index contributed by atoms with van der Waals surface area (Å²) in [6.45, 7) is 2.70. The average Bonchev–Trinajstić information content (AvgIpc) is 2.83. The number of ether oxygens (including phenoxy) is 1. The lowest BCUT2D eigenvalue weighted by molar-refractivity contribution is 0.0997. The van der Waals surface area contributed by atoms with E-state index in [2.05, 4.69) is 26.3 Å². The van der Waals surface area contributed by atoms with Crippen LogP contribution >= 0.6 is 15.9 Å². The van der Waals surface area contributed by atoms with Gasteiger partial charge in [0.15, 0.2) is 5.75 Å². The largest absolute Gasteiger partial charge is 0.494 e. The molecule has 0 radical (unpaired) electrons. The molecule has 0 aliphatic heterocycles. The van der Waals surface area contributed by atoms with Gasteiger partial charge in [0.1, 0.15) is 0 Å². The van der Waals surface area contributed by atoms with Gasteiger partial charge in [-0.05, 0) is 35.0 Å². The van der Waals surface area contributed by atoms with Gasteiger partial charge in [0, 0.05) is 12.2 Å². The van der Waals surface area contributed by atoms with Crippen LogP contribution in [-0.4, -0.2) is 28.8 Å². The van der Waals surface area contributed by atoms with E-state index in [4.69, 9.17) is 10.5 Å². The number of carbonyl (C=O) groups is 1. The van der Waals surface area contributed by atoms with Crippen LogP contribution in [0.3, 0.4) is 0 Å². The number of anilines is 1. The maximum atomic E-state index is 11.4. The number of carbonyl (C=O) groups excluding carboxylic acids is 1. The first-order valence-electron chi connectivity index (χ1n) is 6.42. The number of amides is 1. The maximum absolute atomic E-state index is 11.4. The third-order valence-corrected chi connectivity index (χ3v) is 3.36. The van der Waals surface area contributed by atoms with E-state index in [9.17, 15) is 4.79 Å². The topological polar surface area (TPSA) is 82.2 Å². The number of halogens is 1. The van der Waals surface area contributed by atoms with Gasteiger partial charge >= 0.3 is 0 Å². The zero-order valence-electron chi connectivity index (χ0n) is 11.8. The molecule has 3 N–H and O–H groups in total. The Hall–Kier alpha value is -2.02. The highest BCUT2D eigenvalue weighted by Crippen LogP contribution is 2.29. The molecule has 2 aromatic rings. The van der Waals surface area contributed by atoms with Crippen molar-refractivity contribution in [3.05, 3.63) is 40.6 Å². The molecule has 0 saturated carbocycles. The Balaban J connectivity index is 2.15. The van der Waals surface area contributed by atoms with Gasteiger partial charge in [-0.2, -0.15) is 5.10 Å². The highest BCUT2D eigenvalue weighted by atomic mass is 79.9. The van der Waals surface area contributed by atoms with Crippen molar-refractivity contribution in [1.29, 1.82) is 0 Å². The van der Waals surface area contributed by atoms with E-state index in [1.54, 1.807) is 18.3 Å². The molecule has 112 valence electrons. The minimum absolute atomic E-state index is 0.0915. The molecule has 0 saturated heterocycles. The van der Waals surface area contributed by atoms with Gasteiger partial charge in [0.05, 0.1) is 35.6 Å². The number of rotatable bonds is 6. The molecular formula is C14H17BrN4O2. The highest BCUT2D eigenvalue weighted by molar-refractivity contribution is 9.10. The molecule has 0 spiro atoms. The number of para-hydroxylation sites is 1. The number of nitrogens with zero attached hydrogens (tertiary/aromatic N) is 2. The first-order chi connectivity index (χ1) is 10.0. The highest BCUT2D eigenvalue weighted by Gasteiger charge is 2.14. The molecule has 0 bridgehead atoms. The van der Waals surface area contributed by atoms with Gasteiger partial charge in [-0.3, -0.25) is 9.48 Å². The quantitative estimate of drug-likeness (QED) is 0.835. The van der Waals surface area contributed by atoms with Crippen molar-refractivity contribution in [3.8, 4) is 5.75 Å². The molecule has 0 aliphatic carbocycles. The van der Waals surface area contributed by atoms with Crippen LogP contribution < -0.4 is 15.8 Å². The van der Waals surface area contributed by atoms with Gasteiger partial charge in [0.2, 0.25) is 0 Å². The Morgan fingerprint density at radius 1 is 1.57 bits per heavy atom. The van der Waals surface area contributed by atoms with Gasteiger partial charge in [-0.15, -0.1) is 0 Å². The summed E-state index contributed by atoms with van der Waals surface area (Å²) in [4.78, 5) is 11.4. The fourth-order valence-electron chi connectivity index (χ4n) is 2.09. The molecule has 6 nitrogen and oxygen atoms in total. The van der Waals surface area contributed by atoms with Crippen molar-refractivity contribution in [2.24, 2.45) is 5.73 Å². The number of hydrogen-bond donors (Lipinski definition) is 2. The Labute approximate surface area is 131 Å². The molecule has 0 aliphatic rings. The molecule has 1 amide bonds. The molecule has 1 atom stereocenters. The molecule has 21 heavy (non-hydrogen) atoms. The van der Waals surface area contributed by atoms with Crippen molar-refractivity contribution >= 4 is 27.5 Å². The molecule has 2 rings (SSSR count). The lowest BCUT2D eigenvalue weighted by Gasteiger charge is -2.18. The van der Waals surface area contributed by atoms with E-state index in [0.29, 0.717) is 17.9 Å². The standard InChI is InChI=1S/C14H17BrN4O2/c1-9(7-19-8-10(15)6-17-19)18-12-5-3-4-11(14(16)20)13(12)21-2/h3-6,8-9,18H,7H2,1-2H3,(H2,16,20)/t9-/m1/s1. The summed E-state index contributed by atoms with van der Waals surface area (Å²) in [7, 11) is 1.52. The van der Waals surface area contributed by atoms with Crippen LogP contribution in [0.5, 0.6) is 5.75 Å².